The van der Waals surface area contributed by atoms with Crippen LogP contribution in [0, 0.1) is 0 Å². The fourth-order valence-electron chi connectivity index (χ4n) is 2.38. The van der Waals surface area contributed by atoms with Crippen molar-refractivity contribution in [3.63, 3.8) is 0 Å². The number of rotatable bonds is 4. The number of nitrogens with two attached hydrogens (primary N) is 1. The molecule has 10 heteroatoms. The molecule has 0 saturated heterocycles. The standard InChI is InChI=1S/C16H14F6N2O2/c1-2-3-4-11-12(13(23)26-24-11)9-5-7-10(8-6-9)14(25,15(17,18)19)16(20,21)22/h2-3,5-8,25H,4,23H2,1H3. The van der Waals surface area contributed by atoms with Gasteiger partial charge in [-0.15, -0.1) is 0 Å². The van der Waals surface area contributed by atoms with Crippen molar-refractivity contribution in [2.75, 3.05) is 5.73 Å². The van der Waals surface area contributed by atoms with E-state index in [0.29, 0.717) is 24.2 Å². The minimum atomic E-state index is -5.94. The molecule has 1 aromatic heterocycles. The molecule has 4 nitrogen and oxygen atoms in total. The van der Waals surface area contributed by atoms with Gasteiger partial charge in [-0.3, -0.25) is 0 Å². The first-order chi connectivity index (χ1) is 11.9. The molecule has 0 aliphatic heterocycles. The fourth-order valence-corrected chi connectivity index (χ4v) is 2.38. The Kier molecular flexibility index (Phi) is 5.09. The average Bonchev–Trinajstić information content (AvgIpc) is 2.91. The van der Waals surface area contributed by atoms with Crippen LogP contribution in [-0.4, -0.2) is 22.6 Å². The van der Waals surface area contributed by atoms with Crippen LogP contribution in [0.4, 0.5) is 32.2 Å². The van der Waals surface area contributed by atoms with Gasteiger partial charge in [-0.1, -0.05) is 41.6 Å². The molecule has 1 aromatic carbocycles. The Balaban J connectivity index is 2.51. The molecular formula is C16H14F6N2O2. The molecule has 0 bridgehead atoms. The molecule has 1 heterocycles. The van der Waals surface area contributed by atoms with Crippen molar-refractivity contribution in [1.29, 1.82) is 0 Å². The zero-order chi connectivity index (χ0) is 19.8. The van der Waals surface area contributed by atoms with Gasteiger partial charge in [-0.25, -0.2) is 0 Å². The van der Waals surface area contributed by atoms with Crippen LogP contribution in [-0.2, 0) is 12.0 Å². The molecule has 142 valence electrons. The van der Waals surface area contributed by atoms with Gasteiger partial charge in [0.15, 0.2) is 0 Å². The molecule has 3 N–H and O–H groups in total. The number of alkyl halides is 6. The molecular weight excluding hydrogens is 366 g/mol. The van der Waals surface area contributed by atoms with Crippen molar-refractivity contribution in [2.24, 2.45) is 0 Å². The Morgan fingerprint density at radius 3 is 2.08 bits per heavy atom. The minimum absolute atomic E-state index is 0.126. The second-order valence-corrected chi connectivity index (χ2v) is 5.42. The number of aliphatic hydroxyl groups is 1. The lowest BCUT2D eigenvalue weighted by molar-refractivity contribution is -0.376. The van der Waals surface area contributed by atoms with Crippen LogP contribution in [0.3, 0.4) is 0 Å². The Morgan fingerprint density at radius 2 is 1.62 bits per heavy atom. The molecule has 0 saturated carbocycles. The van der Waals surface area contributed by atoms with Gasteiger partial charge in [0.25, 0.3) is 5.60 Å². The van der Waals surface area contributed by atoms with Crippen LogP contribution in [0.2, 0.25) is 0 Å². The van der Waals surface area contributed by atoms with E-state index in [-0.39, 0.29) is 17.0 Å². The van der Waals surface area contributed by atoms with E-state index < -0.39 is 23.5 Å². The Morgan fingerprint density at radius 1 is 1.08 bits per heavy atom. The molecule has 26 heavy (non-hydrogen) atoms. The SMILES string of the molecule is CC=CCc1noc(N)c1-c1ccc(C(O)(C(F)(F)F)C(F)(F)F)cc1. The van der Waals surface area contributed by atoms with Gasteiger partial charge in [0, 0.05) is 12.0 Å². The zero-order valence-electron chi connectivity index (χ0n) is 13.3. The third-order valence-corrected chi connectivity index (χ3v) is 3.75. The summed E-state index contributed by atoms with van der Waals surface area (Å²) in [5, 5.41) is 13.1. The van der Waals surface area contributed by atoms with Crippen molar-refractivity contribution in [1.82, 2.24) is 5.16 Å². The number of aromatic nitrogens is 1. The quantitative estimate of drug-likeness (QED) is 0.611. The van der Waals surface area contributed by atoms with Gasteiger partial charge in [0.1, 0.15) is 0 Å². The zero-order valence-corrected chi connectivity index (χ0v) is 13.3. The van der Waals surface area contributed by atoms with Gasteiger partial charge in [0.2, 0.25) is 5.88 Å². The number of nitrogens with zero attached hydrogens (tertiary/aromatic N) is 1. The second kappa shape index (κ2) is 6.67. The third kappa shape index (κ3) is 3.28. The van der Waals surface area contributed by atoms with Crippen molar-refractivity contribution < 1.29 is 36.0 Å². The maximum absolute atomic E-state index is 12.9. The lowest BCUT2D eigenvalue weighted by Gasteiger charge is -2.32. The fraction of sp³-hybridized carbons (Fsp3) is 0.312. The van der Waals surface area contributed by atoms with E-state index in [1.807, 2.05) is 0 Å². The second-order valence-electron chi connectivity index (χ2n) is 5.42. The van der Waals surface area contributed by atoms with E-state index >= 15 is 0 Å². The van der Waals surface area contributed by atoms with Crippen LogP contribution in [0.15, 0.2) is 40.9 Å². The monoisotopic (exact) mass is 380 g/mol. The lowest BCUT2D eigenvalue weighted by Crippen LogP contribution is -2.53. The predicted octanol–water partition coefficient (Wildman–Crippen LogP) is 4.35. The molecule has 0 spiro atoms. The van der Waals surface area contributed by atoms with E-state index in [4.69, 9.17) is 10.3 Å². The first-order valence-corrected chi connectivity index (χ1v) is 7.25. The summed E-state index contributed by atoms with van der Waals surface area (Å²) in [5.41, 5.74) is 0.149. The van der Waals surface area contributed by atoms with Gasteiger partial charge >= 0.3 is 12.4 Å². The number of anilines is 1. The molecule has 2 rings (SSSR count). The molecule has 2 aromatic rings. The summed E-state index contributed by atoms with van der Waals surface area (Å²) in [6, 6.07) is 3.06. The van der Waals surface area contributed by atoms with Gasteiger partial charge in [-0.05, 0) is 12.5 Å². The highest BCUT2D eigenvalue weighted by Gasteiger charge is 2.71. The Bertz CT molecular complexity index is 777. The van der Waals surface area contributed by atoms with Crippen molar-refractivity contribution in [3.8, 4) is 11.1 Å². The lowest BCUT2D eigenvalue weighted by atomic mass is 9.90. The van der Waals surface area contributed by atoms with Crippen LogP contribution >= 0.6 is 0 Å². The largest absolute Gasteiger partial charge is 0.430 e. The Hall–Kier alpha value is -2.49. The number of hydrogen-bond donors (Lipinski definition) is 2. The third-order valence-electron chi connectivity index (χ3n) is 3.75. The molecule has 0 unspecified atom stereocenters. The number of hydrogen-bond acceptors (Lipinski definition) is 4. The summed E-state index contributed by atoms with van der Waals surface area (Å²) in [7, 11) is 0. The van der Waals surface area contributed by atoms with Crippen LogP contribution in [0.1, 0.15) is 18.2 Å². The van der Waals surface area contributed by atoms with Gasteiger partial charge in [0.05, 0.1) is 11.3 Å². The summed E-state index contributed by atoms with van der Waals surface area (Å²) < 4.78 is 82.3. The topological polar surface area (TPSA) is 72.3 Å². The van der Waals surface area contributed by atoms with E-state index in [9.17, 15) is 31.4 Å². The summed E-state index contributed by atoms with van der Waals surface area (Å²) in [4.78, 5) is 0. The van der Waals surface area contributed by atoms with Crippen molar-refractivity contribution >= 4 is 5.88 Å². The predicted molar refractivity (Wildman–Crippen MR) is 80.9 cm³/mol. The molecule has 0 radical (unpaired) electrons. The Labute approximate surface area is 143 Å². The van der Waals surface area contributed by atoms with Crippen LogP contribution < -0.4 is 5.73 Å². The van der Waals surface area contributed by atoms with Gasteiger partial charge in [-0.2, -0.15) is 26.3 Å². The summed E-state index contributed by atoms with van der Waals surface area (Å²) in [5.74, 6) is -0.126. The van der Waals surface area contributed by atoms with Crippen molar-refractivity contribution in [2.45, 2.75) is 31.3 Å². The summed E-state index contributed by atoms with van der Waals surface area (Å²) in [6.07, 6.45) is -8.13. The first kappa shape index (κ1) is 19.8. The minimum Gasteiger partial charge on any atom is -0.369 e. The highest BCUT2D eigenvalue weighted by Crippen LogP contribution is 2.50. The van der Waals surface area contributed by atoms with Crippen molar-refractivity contribution in [3.05, 3.63) is 47.7 Å². The molecule has 0 fully saturated rings. The number of allylic oxidation sites excluding steroid dienone is 2. The normalized spacial score (nSPS) is 13.5. The molecule has 0 aliphatic rings. The summed E-state index contributed by atoms with van der Waals surface area (Å²) in [6.45, 7) is 1.76. The average molecular weight is 380 g/mol. The maximum Gasteiger partial charge on any atom is 0.430 e. The highest BCUT2D eigenvalue weighted by molar-refractivity contribution is 5.75. The van der Waals surface area contributed by atoms with Crippen LogP contribution in [0.5, 0.6) is 0 Å². The van der Waals surface area contributed by atoms with E-state index in [2.05, 4.69) is 5.16 Å². The number of benzene rings is 1. The number of nitrogen functional groups attached to an aromatic ring is 1. The molecule has 0 atom stereocenters. The highest BCUT2D eigenvalue weighted by atomic mass is 19.4. The van der Waals surface area contributed by atoms with E-state index in [0.717, 1.165) is 12.1 Å². The van der Waals surface area contributed by atoms with E-state index in [1.165, 1.54) is 0 Å². The smallest absolute Gasteiger partial charge is 0.369 e. The van der Waals surface area contributed by atoms with E-state index in [1.54, 1.807) is 19.1 Å². The first-order valence-electron chi connectivity index (χ1n) is 7.25. The molecule has 0 aliphatic carbocycles. The molecule has 0 amide bonds. The summed E-state index contributed by atoms with van der Waals surface area (Å²) >= 11 is 0. The van der Waals surface area contributed by atoms with Gasteiger partial charge < -0.3 is 15.4 Å². The maximum atomic E-state index is 12.9. The van der Waals surface area contributed by atoms with Crippen LogP contribution in [0.25, 0.3) is 11.1 Å². The number of halogens is 6.